The number of carbonyl (C=O) groups excluding carboxylic acids is 3. The number of halogens is 1. The minimum Gasteiger partial charge on any atom is -0.324 e. The van der Waals surface area contributed by atoms with Gasteiger partial charge in [-0.3, -0.25) is 14.5 Å². The molecule has 27 heavy (non-hydrogen) atoms. The van der Waals surface area contributed by atoms with Crippen molar-refractivity contribution in [3.05, 3.63) is 64.2 Å². The summed E-state index contributed by atoms with van der Waals surface area (Å²) in [6, 6.07) is 11.8. The topological polar surface area (TPSA) is 78.5 Å². The zero-order valence-corrected chi connectivity index (χ0v) is 16.1. The first kappa shape index (κ1) is 18.9. The molecule has 1 aliphatic heterocycles. The second kappa shape index (κ2) is 7.04. The van der Waals surface area contributed by atoms with Crippen molar-refractivity contribution in [1.82, 2.24) is 10.2 Å². The molecule has 0 aliphatic carbocycles. The van der Waals surface area contributed by atoms with Crippen molar-refractivity contribution < 1.29 is 14.4 Å². The fourth-order valence-electron chi connectivity index (χ4n) is 3.02. The predicted molar refractivity (Wildman–Crippen MR) is 104 cm³/mol. The van der Waals surface area contributed by atoms with Crippen LogP contribution in [0.15, 0.2) is 42.5 Å². The van der Waals surface area contributed by atoms with Crippen LogP contribution in [0.25, 0.3) is 0 Å². The number of benzene rings is 2. The zero-order valence-electron chi connectivity index (χ0n) is 15.3. The number of nitrogens with one attached hydrogen (secondary N) is 2. The molecule has 1 atom stereocenters. The summed E-state index contributed by atoms with van der Waals surface area (Å²) >= 11 is 5.91. The van der Waals surface area contributed by atoms with Gasteiger partial charge in [-0.2, -0.15) is 0 Å². The van der Waals surface area contributed by atoms with Crippen molar-refractivity contribution in [1.29, 1.82) is 0 Å². The van der Waals surface area contributed by atoms with Crippen LogP contribution < -0.4 is 10.6 Å². The van der Waals surface area contributed by atoms with Crippen molar-refractivity contribution in [3.8, 4) is 0 Å². The fourth-order valence-corrected chi connectivity index (χ4v) is 3.25. The number of hydrogen-bond donors (Lipinski definition) is 2. The fraction of sp³-hybridized carbons (Fsp3) is 0.250. The number of rotatable bonds is 4. The van der Waals surface area contributed by atoms with E-state index in [1.165, 1.54) is 0 Å². The Morgan fingerprint density at radius 2 is 1.81 bits per heavy atom. The highest BCUT2D eigenvalue weighted by Crippen LogP contribution is 2.29. The Bertz CT molecular complexity index is 927. The maximum Gasteiger partial charge on any atom is 0.325 e. The van der Waals surface area contributed by atoms with Crippen LogP contribution in [0, 0.1) is 13.8 Å². The van der Waals surface area contributed by atoms with E-state index in [9.17, 15) is 14.4 Å². The molecule has 140 valence electrons. The molecule has 0 saturated carbocycles. The van der Waals surface area contributed by atoms with Crippen LogP contribution in [0.1, 0.15) is 23.6 Å². The normalized spacial score (nSPS) is 19.2. The quantitative estimate of drug-likeness (QED) is 0.792. The number of nitrogens with zero attached hydrogens (tertiary/aromatic N) is 1. The lowest BCUT2D eigenvalue weighted by Gasteiger charge is -2.22. The molecule has 2 aromatic rings. The predicted octanol–water partition coefficient (Wildman–Crippen LogP) is 3.36. The Kier molecular flexibility index (Phi) is 4.93. The number of aryl methyl sites for hydroxylation is 2. The zero-order chi connectivity index (χ0) is 19.8. The number of amides is 4. The van der Waals surface area contributed by atoms with Gasteiger partial charge in [-0.1, -0.05) is 41.4 Å². The number of hydrogen-bond acceptors (Lipinski definition) is 3. The number of urea groups is 1. The molecule has 0 aromatic heterocycles. The van der Waals surface area contributed by atoms with Crippen molar-refractivity contribution >= 4 is 35.1 Å². The van der Waals surface area contributed by atoms with Crippen LogP contribution in [0.4, 0.5) is 10.5 Å². The lowest BCUT2D eigenvalue weighted by Crippen LogP contribution is -2.42. The van der Waals surface area contributed by atoms with Crippen LogP contribution in [0.5, 0.6) is 0 Å². The molecule has 1 aliphatic rings. The summed E-state index contributed by atoms with van der Waals surface area (Å²) in [5, 5.41) is 5.97. The van der Waals surface area contributed by atoms with Gasteiger partial charge in [-0.05, 0) is 50.1 Å². The minimum atomic E-state index is -1.19. The molecule has 3 rings (SSSR count). The molecule has 0 spiro atoms. The third-order valence-electron chi connectivity index (χ3n) is 4.67. The highest BCUT2D eigenvalue weighted by molar-refractivity contribution is 6.30. The highest BCUT2D eigenvalue weighted by Gasteiger charge is 2.49. The van der Waals surface area contributed by atoms with E-state index < -0.39 is 23.4 Å². The molecule has 4 amide bonds. The number of carbonyl (C=O) groups is 3. The van der Waals surface area contributed by atoms with Gasteiger partial charge in [0.1, 0.15) is 12.1 Å². The monoisotopic (exact) mass is 385 g/mol. The summed E-state index contributed by atoms with van der Waals surface area (Å²) < 4.78 is 0. The molecule has 1 saturated heterocycles. The van der Waals surface area contributed by atoms with E-state index in [0.29, 0.717) is 16.3 Å². The maximum atomic E-state index is 12.9. The van der Waals surface area contributed by atoms with E-state index >= 15 is 0 Å². The molecule has 1 heterocycles. The van der Waals surface area contributed by atoms with E-state index in [1.807, 2.05) is 26.0 Å². The van der Waals surface area contributed by atoms with Crippen molar-refractivity contribution in [2.75, 3.05) is 11.9 Å². The largest absolute Gasteiger partial charge is 0.325 e. The van der Waals surface area contributed by atoms with Crippen LogP contribution in [-0.4, -0.2) is 29.3 Å². The Morgan fingerprint density at radius 1 is 1.15 bits per heavy atom. The van der Waals surface area contributed by atoms with Crippen molar-refractivity contribution in [3.63, 3.8) is 0 Å². The van der Waals surface area contributed by atoms with Gasteiger partial charge >= 0.3 is 6.03 Å². The van der Waals surface area contributed by atoms with Gasteiger partial charge in [-0.15, -0.1) is 0 Å². The molecule has 2 aromatic carbocycles. The Labute approximate surface area is 162 Å². The second-order valence-corrected chi connectivity index (χ2v) is 7.26. The van der Waals surface area contributed by atoms with Gasteiger partial charge in [0.2, 0.25) is 5.91 Å². The molecule has 6 nitrogen and oxygen atoms in total. The molecule has 2 N–H and O–H groups in total. The van der Waals surface area contributed by atoms with E-state index in [-0.39, 0.29) is 6.54 Å². The summed E-state index contributed by atoms with van der Waals surface area (Å²) in [6.45, 7) is 5.02. The maximum absolute atomic E-state index is 12.9. The van der Waals surface area contributed by atoms with Gasteiger partial charge in [0.05, 0.1) is 0 Å². The Morgan fingerprint density at radius 3 is 2.44 bits per heavy atom. The molecule has 0 radical (unpaired) electrons. The van der Waals surface area contributed by atoms with Crippen LogP contribution in [-0.2, 0) is 15.1 Å². The highest BCUT2D eigenvalue weighted by atomic mass is 35.5. The van der Waals surface area contributed by atoms with Gasteiger partial charge in [0.15, 0.2) is 0 Å². The number of anilines is 1. The second-order valence-electron chi connectivity index (χ2n) is 6.82. The molecule has 0 bridgehead atoms. The van der Waals surface area contributed by atoms with E-state index in [1.54, 1.807) is 37.3 Å². The van der Waals surface area contributed by atoms with Crippen LogP contribution in [0.2, 0.25) is 5.02 Å². The first-order valence-corrected chi connectivity index (χ1v) is 8.86. The molecule has 1 fully saturated rings. The minimum absolute atomic E-state index is 0.367. The average molecular weight is 386 g/mol. The molecule has 0 unspecified atom stereocenters. The lowest BCUT2D eigenvalue weighted by molar-refractivity contribution is -0.133. The smallest absolute Gasteiger partial charge is 0.324 e. The summed E-state index contributed by atoms with van der Waals surface area (Å²) in [6.07, 6.45) is 0. The van der Waals surface area contributed by atoms with Gasteiger partial charge in [-0.25, -0.2) is 4.79 Å². The van der Waals surface area contributed by atoms with Crippen molar-refractivity contribution in [2.24, 2.45) is 0 Å². The van der Waals surface area contributed by atoms with E-state index in [4.69, 9.17) is 11.6 Å². The molecular formula is C20H20ClN3O3. The summed E-state index contributed by atoms with van der Waals surface area (Å²) in [7, 11) is 0. The molecule has 7 heteroatoms. The summed E-state index contributed by atoms with van der Waals surface area (Å²) in [5.74, 6) is -0.920. The lowest BCUT2D eigenvalue weighted by atomic mass is 9.91. The van der Waals surface area contributed by atoms with Gasteiger partial charge < -0.3 is 10.6 Å². The van der Waals surface area contributed by atoms with Crippen LogP contribution in [0.3, 0.4) is 0 Å². The van der Waals surface area contributed by atoms with Gasteiger partial charge in [0, 0.05) is 10.7 Å². The summed E-state index contributed by atoms with van der Waals surface area (Å²) in [5.41, 5.74) is 1.90. The number of imide groups is 1. The first-order chi connectivity index (χ1) is 12.7. The van der Waals surface area contributed by atoms with Gasteiger partial charge in [0.25, 0.3) is 5.91 Å². The Hall–Kier alpha value is -2.86. The SMILES string of the molecule is Cc1ccc([C@]2(C)NC(=O)N(CC(=O)Nc3ccc(Cl)cc3C)C2=O)cc1. The van der Waals surface area contributed by atoms with E-state index in [2.05, 4.69) is 10.6 Å². The van der Waals surface area contributed by atoms with E-state index in [0.717, 1.165) is 16.0 Å². The average Bonchev–Trinajstić information content (AvgIpc) is 2.82. The first-order valence-electron chi connectivity index (χ1n) is 8.48. The standard InChI is InChI=1S/C20H20ClN3O3/c1-12-4-6-14(7-5-12)20(3)18(26)24(19(27)23-20)11-17(25)22-16-9-8-15(21)10-13(16)2/h4-10H,11H2,1-3H3,(H,22,25)(H,23,27)/t20-/m0/s1. The Balaban J connectivity index is 1.75. The third kappa shape index (κ3) is 3.66. The van der Waals surface area contributed by atoms with Crippen LogP contribution >= 0.6 is 11.6 Å². The summed E-state index contributed by atoms with van der Waals surface area (Å²) in [4.78, 5) is 38.5. The third-order valence-corrected chi connectivity index (χ3v) is 4.90. The molecular weight excluding hydrogens is 366 g/mol. The van der Waals surface area contributed by atoms with Crippen molar-refractivity contribution in [2.45, 2.75) is 26.3 Å².